The van der Waals surface area contributed by atoms with E-state index in [1.54, 1.807) is 6.92 Å². The fraction of sp³-hybridized carbons (Fsp3) is 0.364. The first-order valence-electron chi connectivity index (χ1n) is 5.06. The largest absolute Gasteiger partial charge is 0.466 e. The predicted octanol–water partition coefficient (Wildman–Crippen LogP) is 3.05. The molecule has 18 heavy (non-hydrogen) atoms. The molecular weight excluding hydrogens is 271 g/mol. The van der Waals surface area contributed by atoms with Crippen LogP contribution in [0.3, 0.4) is 0 Å². The number of esters is 1. The molecule has 0 fully saturated rings. The van der Waals surface area contributed by atoms with Crippen molar-refractivity contribution in [1.82, 2.24) is 0 Å². The first-order chi connectivity index (χ1) is 8.25. The van der Waals surface area contributed by atoms with Gasteiger partial charge in [0.1, 0.15) is 0 Å². The maximum Gasteiger partial charge on any atom is 0.418 e. The minimum atomic E-state index is -4.57. The molecule has 7 heteroatoms. The van der Waals surface area contributed by atoms with Crippen molar-refractivity contribution in [2.24, 2.45) is 0 Å². The van der Waals surface area contributed by atoms with Gasteiger partial charge in [0, 0.05) is 10.7 Å². The second-order valence-corrected chi connectivity index (χ2v) is 3.92. The molecule has 1 rings (SSSR count). The normalized spacial score (nSPS) is 11.4. The van der Waals surface area contributed by atoms with Gasteiger partial charge in [-0.1, -0.05) is 11.6 Å². The standard InChI is InChI=1S/C11H11ClF3NO2/c1-2-18-10(17)4-6-3-9(16)7(5-8(6)12)11(13,14)15/h3,5H,2,4,16H2,1H3. The van der Waals surface area contributed by atoms with Gasteiger partial charge < -0.3 is 10.5 Å². The van der Waals surface area contributed by atoms with Crippen molar-refractivity contribution in [2.45, 2.75) is 19.5 Å². The van der Waals surface area contributed by atoms with Crippen molar-refractivity contribution in [3.05, 3.63) is 28.3 Å². The van der Waals surface area contributed by atoms with E-state index in [1.165, 1.54) is 0 Å². The average molecular weight is 282 g/mol. The van der Waals surface area contributed by atoms with E-state index >= 15 is 0 Å². The molecule has 3 nitrogen and oxygen atoms in total. The summed E-state index contributed by atoms with van der Waals surface area (Å²) in [6.07, 6.45) is -4.79. The van der Waals surface area contributed by atoms with Crippen molar-refractivity contribution >= 4 is 23.3 Å². The van der Waals surface area contributed by atoms with Crippen molar-refractivity contribution in [1.29, 1.82) is 0 Å². The molecule has 100 valence electrons. The summed E-state index contributed by atoms with van der Waals surface area (Å²) in [7, 11) is 0. The third-order valence-corrected chi connectivity index (χ3v) is 2.52. The van der Waals surface area contributed by atoms with Gasteiger partial charge in [0.05, 0.1) is 18.6 Å². The molecular formula is C11H11ClF3NO2. The number of alkyl halides is 3. The highest BCUT2D eigenvalue weighted by Gasteiger charge is 2.33. The van der Waals surface area contributed by atoms with E-state index in [4.69, 9.17) is 17.3 Å². The van der Waals surface area contributed by atoms with E-state index in [0.29, 0.717) is 6.07 Å². The number of carbonyl (C=O) groups excluding carboxylic acids is 1. The lowest BCUT2D eigenvalue weighted by Gasteiger charge is -2.13. The van der Waals surface area contributed by atoms with E-state index in [1.807, 2.05) is 0 Å². The molecule has 0 spiro atoms. The highest BCUT2D eigenvalue weighted by Crippen LogP contribution is 2.36. The van der Waals surface area contributed by atoms with Gasteiger partial charge in [0.2, 0.25) is 0 Å². The van der Waals surface area contributed by atoms with Crippen LogP contribution >= 0.6 is 11.6 Å². The summed E-state index contributed by atoms with van der Waals surface area (Å²) in [5, 5.41) is -0.162. The van der Waals surface area contributed by atoms with E-state index < -0.39 is 23.4 Å². The SMILES string of the molecule is CCOC(=O)Cc1cc(N)c(C(F)(F)F)cc1Cl. The first-order valence-corrected chi connectivity index (χ1v) is 5.44. The number of anilines is 1. The van der Waals surface area contributed by atoms with Crippen LogP contribution in [0.4, 0.5) is 18.9 Å². The number of nitrogens with two attached hydrogens (primary N) is 1. The van der Waals surface area contributed by atoms with Gasteiger partial charge in [0.25, 0.3) is 0 Å². The minimum Gasteiger partial charge on any atom is -0.466 e. The number of ether oxygens (including phenoxy) is 1. The van der Waals surface area contributed by atoms with Crippen LogP contribution < -0.4 is 5.73 Å². The number of nitrogen functional groups attached to an aromatic ring is 1. The Labute approximate surface area is 107 Å². The Bertz CT molecular complexity index is 460. The van der Waals surface area contributed by atoms with Crippen molar-refractivity contribution in [3.8, 4) is 0 Å². The lowest BCUT2D eigenvalue weighted by Crippen LogP contribution is -2.12. The van der Waals surface area contributed by atoms with Gasteiger partial charge in [-0.3, -0.25) is 4.79 Å². The van der Waals surface area contributed by atoms with E-state index in [9.17, 15) is 18.0 Å². The second-order valence-electron chi connectivity index (χ2n) is 3.51. The molecule has 1 aromatic rings. The van der Waals surface area contributed by atoms with Gasteiger partial charge in [0.15, 0.2) is 0 Å². The quantitative estimate of drug-likeness (QED) is 0.684. The van der Waals surface area contributed by atoms with Crippen LogP contribution in [0.1, 0.15) is 18.1 Å². The number of halogens is 4. The van der Waals surface area contributed by atoms with Crippen LogP contribution in [0, 0.1) is 0 Å². The van der Waals surface area contributed by atoms with Crippen LogP contribution in [0.2, 0.25) is 5.02 Å². The van der Waals surface area contributed by atoms with Gasteiger partial charge in [-0.25, -0.2) is 0 Å². The molecule has 0 heterocycles. The minimum absolute atomic E-state index is 0.162. The number of rotatable bonds is 3. The zero-order valence-corrected chi connectivity index (χ0v) is 10.2. The van der Waals surface area contributed by atoms with E-state index in [2.05, 4.69) is 4.74 Å². The Morgan fingerprint density at radius 3 is 2.56 bits per heavy atom. The molecule has 0 aliphatic rings. The van der Waals surface area contributed by atoms with Crippen molar-refractivity contribution < 1.29 is 22.7 Å². The summed E-state index contributed by atoms with van der Waals surface area (Å²) in [5.74, 6) is -0.571. The van der Waals surface area contributed by atoms with Crippen molar-refractivity contribution in [3.63, 3.8) is 0 Å². The van der Waals surface area contributed by atoms with Crippen LogP contribution in [0.15, 0.2) is 12.1 Å². The van der Waals surface area contributed by atoms with Gasteiger partial charge >= 0.3 is 12.1 Å². The number of benzene rings is 1. The highest BCUT2D eigenvalue weighted by atomic mass is 35.5. The maximum absolute atomic E-state index is 12.5. The molecule has 0 saturated heterocycles. The number of hydrogen-bond donors (Lipinski definition) is 1. The Morgan fingerprint density at radius 1 is 1.44 bits per heavy atom. The lowest BCUT2D eigenvalue weighted by molar-refractivity contribution is -0.142. The summed E-state index contributed by atoms with van der Waals surface area (Å²) in [4.78, 5) is 11.2. The Morgan fingerprint density at radius 2 is 2.06 bits per heavy atom. The smallest absolute Gasteiger partial charge is 0.418 e. The molecule has 0 unspecified atom stereocenters. The Balaban J connectivity index is 3.04. The van der Waals surface area contributed by atoms with E-state index in [0.717, 1.165) is 6.07 Å². The third kappa shape index (κ3) is 3.53. The number of carbonyl (C=O) groups is 1. The summed E-state index contributed by atoms with van der Waals surface area (Å²) in [6.45, 7) is 1.81. The lowest BCUT2D eigenvalue weighted by atomic mass is 10.1. The van der Waals surface area contributed by atoms with Gasteiger partial charge in [-0.05, 0) is 24.6 Å². The molecule has 0 aromatic heterocycles. The topological polar surface area (TPSA) is 52.3 Å². The van der Waals surface area contributed by atoms with Gasteiger partial charge in [-0.2, -0.15) is 13.2 Å². The zero-order valence-electron chi connectivity index (χ0n) is 9.47. The van der Waals surface area contributed by atoms with E-state index in [-0.39, 0.29) is 23.6 Å². The molecule has 0 radical (unpaired) electrons. The third-order valence-electron chi connectivity index (χ3n) is 2.16. The van der Waals surface area contributed by atoms with Crippen LogP contribution in [-0.2, 0) is 22.1 Å². The summed E-state index contributed by atoms with van der Waals surface area (Å²) in [6, 6.07) is 1.76. The van der Waals surface area contributed by atoms with Gasteiger partial charge in [-0.15, -0.1) is 0 Å². The first kappa shape index (κ1) is 14.6. The van der Waals surface area contributed by atoms with Crippen LogP contribution in [0.25, 0.3) is 0 Å². The molecule has 0 aliphatic heterocycles. The summed E-state index contributed by atoms with van der Waals surface area (Å²) in [5.41, 5.74) is 4.02. The summed E-state index contributed by atoms with van der Waals surface area (Å²) >= 11 is 5.69. The molecule has 0 aliphatic carbocycles. The zero-order chi connectivity index (χ0) is 13.9. The fourth-order valence-corrected chi connectivity index (χ4v) is 1.62. The fourth-order valence-electron chi connectivity index (χ4n) is 1.39. The number of hydrogen-bond acceptors (Lipinski definition) is 3. The highest BCUT2D eigenvalue weighted by molar-refractivity contribution is 6.31. The maximum atomic E-state index is 12.5. The molecule has 0 saturated carbocycles. The molecule has 0 bridgehead atoms. The van der Waals surface area contributed by atoms with Crippen molar-refractivity contribution in [2.75, 3.05) is 12.3 Å². The molecule has 1 aromatic carbocycles. The van der Waals surface area contributed by atoms with Crippen LogP contribution in [-0.4, -0.2) is 12.6 Å². The molecule has 0 amide bonds. The molecule has 2 N–H and O–H groups in total. The predicted molar refractivity (Wildman–Crippen MR) is 61.2 cm³/mol. The second kappa shape index (κ2) is 5.48. The monoisotopic (exact) mass is 281 g/mol. The Hall–Kier alpha value is -1.43. The summed E-state index contributed by atoms with van der Waals surface area (Å²) < 4.78 is 42.2. The average Bonchev–Trinajstić information content (AvgIpc) is 2.21. The Kier molecular flexibility index (Phi) is 4.45. The molecule has 0 atom stereocenters. The van der Waals surface area contributed by atoms with Crippen LogP contribution in [0.5, 0.6) is 0 Å².